The van der Waals surface area contributed by atoms with Crippen LogP contribution in [0.2, 0.25) is 0 Å². The molecule has 0 bridgehead atoms. The van der Waals surface area contributed by atoms with Gasteiger partial charge in [0.2, 0.25) is 0 Å². The Labute approximate surface area is 98.7 Å². The maximum absolute atomic E-state index is 11.7. The van der Waals surface area contributed by atoms with E-state index in [0.717, 1.165) is 11.5 Å². The average Bonchev–Trinajstić information content (AvgIpc) is 2.77. The number of carbonyl (C=O) groups is 1. The van der Waals surface area contributed by atoms with Gasteiger partial charge in [-0.2, -0.15) is 5.10 Å². The maximum atomic E-state index is 11.7. The molecule has 2 aromatic rings. The van der Waals surface area contributed by atoms with Crippen molar-refractivity contribution in [2.75, 3.05) is 11.6 Å². The van der Waals surface area contributed by atoms with Crippen LogP contribution in [0.5, 0.6) is 0 Å². The number of nitrogens with zero attached hydrogens (tertiary/aromatic N) is 3. The van der Waals surface area contributed by atoms with Crippen molar-refractivity contribution in [2.24, 2.45) is 7.05 Å². The second-order valence-corrected chi connectivity index (χ2v) is 3.92. The van der Waals surface area contributed by atoms with Crippen LogP contribution in [0.4, 0.5) is 11.5 Å². The second-order valence-electron chi connectivity index (χ2n) is 3.92. The molecule has 1 aliphatic rings. The highest BCUT2D eigenvalue weighted by Gasteiger charge is 2.24. The molecule has 1 aliphatic heterocycles. The van der Waals surface area contributed by atoms with Gasteiger partial charge >= 0.3 is 0 Å². The lowest BCUT2D eigenvalue weighted by molar-refractivity contribution is 0.0949. The van der Waals surface area contributed by atoms with Crippen LogP contribution in [-0.2, 0) is 7.05 Å². The summed E-state index contributed by atoms with van der Waals surface area (Å²) in [6.45, 7) is 0.468. The van der Waals surface area contributed by atoms with Gasteiger partial charge in [-0.05, 0) is 12.1 Å². The Hall–Kier alpha value is -2.30. The Morgan fingerprint density at radius 1 is 1.29 bits per heavy atom. The van der Waals surface area contributed by atoms with Crippen molar-refractivity contribution in [1.29, 1.82) is 0 Å². The smallest absolute Gasteiger partial charge is 0.254 e. The van der Waals surface area contributed by atoms with E-state index in [2.05, 4.69) is 10.4 Å². The molecule has 0 radical (unpaired) electrons. The topological polar surface area (TPSA) is 50.2 Å². The molecule has 86 valence electrons. The molecule has 17 heavy (non-hydrogen) atoms. The minimum Gasteiger partial charge on any atom is -0.334 e. The summed E-state index contributed by atoms with van der Waals surface area (Å²) in [4.78, 5) is 13.8. The Morgan fingerprint density at radius 2 is 2.12 bits per heavy atom. The summed E-state index contributed by atoms with van der Waals surface area (Å²) in [6.07, 6.45) is 1.74. The molecule has 1 aromatic heterocycles. The first-order valence-corrected chi connectivity index (χ1v) is 5.40. The molecule has 0 atom stereocenters. The number of carbonyl (C=O) groups excluding carboxylic acids is 1. The quantitative estimate of drug-likeness (QED) is 0.799. The van der Waals surface area contributed by atoms with Crippen molar-refractivity contribution >= 4 is 17.4 Å². The number of amides is 1. The van der Waals surface area contributed by atoms with Crippen molar-refractivity contribution in [3.05, 3.63) is 42.1 Å². The molecule has 0 aliphatic carbocycles. The highest BCUT2D eigenvalue weighted by Crippen LogP contribution is 2.29. The van der Waals surface area contributed by atoms with E-state index >= 15 is 0 Å². The predicted octanol–water partition coefficient (Wildman–Crippen LogP) is 1.26. The minimum atomic E-state index is -0.0287. The molecule has 1 N–H and O–H groups in total. The van der Waals surface area contributed by atoms with Crippen molar-refractivity contribution in [1.82, 2.24) is 15.1 Å². The second kappa shape index (κ2) is 3.62. The van der Waals surface area contributed by atoms with E-state index in [9.17, 15) is 4.79 Å². The van der Waals surface area contributed by atoms with Crippen LogP contribution >= 0.6 is 0 Å². The van der Waals surface area contributed by atoms with Crippen molar-refractivity contribution in [2.45, 2.75) is 0 Å². The zero-order valence-corrected chi connectivity index (χ0v) is 9.42. The van der Waals surface area contributed by atoms with E-state index in [1.54, 1.807) is 10.9 Å². The lowest BCUT2D eigenvalue weighted by Crippen LogP contribution is -2.41. The molecule has 5 heteroatoms. The van der Waals surface area contributed by atoms with E-state index in [0.29, 0.717) is 12.2 Å². The third-order valence-corrected chi connectivity index (χ3v) is 2.91. The lowest BCUT2D eigenvalue weighted by Gasteiger charge is -2.30. The highest BCUT2D eigenvalue weighted by atomic mass is 16.2. The fourth-order valence-corrected chi connectivity index (χ4v) is 2.07. The number of hydrogen-bond donors (Lipinski definition) is 1. The van der Waals surface area contributed by atoms with Crippen molar-refractivity contribution < 1.29 is 4.79 Å². The molecule has 0 unspecified atom stereocenters. The maximum Gasteiger partial charge on any atom is 0.254 e. The fraction of sp³-hybridized carbons (Fsp3) is 0.167. The van der Waals surface area contributed by atoms with E-state index in [1.165, 1.54) is 0 Å². The molecule has 3 rings (SSSR count). The van der Waals surface area contributed by atoms with Gasteiger partial charge in [0.15, 0.2) is 0 Å². The number of anilines is 2. The molecule has 2 heterocycles. The summed E-state index contributed by atoms with van der Waals surface area (Å²) in [7, 11) is 1.88. The van der Waals surface area contributed by atoms with Gasteiger partial charge in [-0.15, -0.1) is 0 Å². The van der Waals surface area contributed by atoms with Gasteiger partial charge in [-0.3, -0.25) is 9.48 Å². The number of rotatable bonds is 1. The molecule has 0 fully saturated rings. The average molecular weight is 228 g/mol. The molecule has 0 saturated heterocycles. The van der Waals surface area contributed by atoms with Crippen LogP contribution in [0.3, 0.4) is 0 Å². The summed E-state index contributed by atoms with van der Waals surface area (Å²) in [5.41, 5.74) is 1.61. The first-order valence-electron chi connectivity index (χ1n) is 5.40. The highest BCUT2D eigenvalue weighted by molar-refractivity contribution is 6.02. The lowest BCUT2D eigenvalue weighted by atomic mass is 10.1. The van der Waals surface area contributed by atoms with Gasteiger partial charge in [0.25, 0.3) is 5.91 Å². The summed E-state index contributed by atoms with van der Waals surface area (Å²) in [5.74, 6) is 0.927. The molecule has 0 saturated carbocycles. The first kappa shape index (κ1) is 9.89. The van der Waals surface area contributed by atoms with Gasteiger partial charge < -0.3 is 10.2 Å². The molecular weight excluding hydrogens is 216 g/mol. The van der Waals surface area contributed by atoms with Gasteiger partial charge in [0.1, 0.15) is 5.82 Å². The molecule has 1 aromatic carbocycles. The third-order valence-electron chi connectivity index (χ3n) is 2.91. The Kier molecular flexibility index (Phi) is 2.11. The molecule has 5 nitrogen and oxygen atoms in total. The summed E-state index contributed by atoms with van der Waals surface area (Å²) in [5, 5.41) is 7.00. The van der Waals surface area contributed by atoms with Gasteiger partial charge in [-0.1, -0.05) is 12.1 Å². The number of aromatic nitrogens is 2. The molecule has 1 amide bonds. The summed E-state index contributed by atoms with van der Waals surface area (Å²) < 4.78 is 1.79. The van der Waals surface area contributed by atoms with E-state index in [-0.39, 0.29) is 5.91 Å². The standard InChI is InChI=1S/C12H12N4O/c1-15-11(6-7-14-15)16-8-13-12(17)9-4-2-3-5-10(9)16/h2-7H,8H2,1H3,(H,13,17). The van der Waals surface area contributed by atoms with E-state index in [1.807, 2.05) is 42.3 Å². The summed E-state index contributed by atoms with van der Waals surface area (Å²) >= 11 is 0. The fourth-order valence-electron chi connectivity index (χ4n) is 2.07. The number of benzene rings is 1. The zero-order chi connectivity index (χ0) is 11.8. The Bertz CT molecular complexity index is 575. The van der Waals surface area contributed by atoms with Crippen molar-refractivity contribution in [3.8, 4) is 0 Å². The molecular formula is C12H12N4O. The number of nitrogens with one attached hydrogen (secondary N) is 1. The van der Waals surface area contributed by atoms with Crippen LogP contribution in [-0.4, -0.2) is 22.4 Å². The predicted molar refractivity (Wildman–Crippen MR) is 64.1 cm³/mol. The van der Waals surface area contributed by atoms with Crippen LogP contribution in [0.15, 0.2) is 36.5 Å². The van der Waals surface area contributed by atoms with Crippen LogP contribution in [0.1, 0.15) is 10.4 Å². The Balaban J connectivity index is 2.13. The first-order chi connectivity index (χ1) is 8.27. The third kappa shape index (κ3) is 1.47. The van der Waals surface area contributed by atoms with E-state index < -0.39 is 0 Å². The Morgan fingerprint density at radius 3 is 2.88 bits per heavy atom. The molecule has 0 spiro atoms. The van der Waals surface area contributed by atoms with Crippen LogP contribution < -0.4 is 10.2 Å². The number of aryl methyl sites for hydroxylation is 1. The normalized spacial score (nSPS) is 14.4. The van der Waals surface area contributed by atoms with Gasteiger partial charge in [0.05, 0.1) is 24.1 Å². The van der Waals surface area contributed by atoms with Crippen molar-refractivity contribution in [3.63, 3.8) is 0 Å². The zero-order valence-electron chi connectivity index (χ0n) is 9.42. The van der Waals surface area contributed by atoms with Crippen LogP contribution in [0, 0.1) is 0 Å². The van der Waals surface area contributed by atoms with Gasteiger partial charge in [-0.25, -0.2) is 0 Å². The largest absolute Gasteiger partial charge is 0.334 e. The monoisotopic (exact) mass is 228 g/mol. The van der Waals surface area contributed by atoms with Gasteiger partial charge in [0, 0.05) is 13.1 Å². The number of para-hydroxylation sites is 1. The SMILES string of the molecule is Cn1nccc1N1CNC(=O)c2ccccc21. The summed E-state index contributed by atoms with van der Waals surface area (Å²) in [6, 6.07) is 9.49. The number of fused-ring (bicyclic) bond motifs is 1. The van der Waals surface area contributed by atoms with Crippen LogP contribution in [0.25, 0.3) is 0 Å². The van der Waals surface area contributed by atoms with E-state index in [4.69, 9.17) is 0 Å². The minimum absolute atomic E-state index is 0.0287. The number of hydrogen-bond acceptors (Lipinski definition) is 3.